The number of carbonyl (C=O) groups excluding carboxylic acids is 1. The molecule has 0 radical (unpaired) electrons. The molecular formula is C9H9Cl2NO. The highest BCUT2D eigenvalue weighted by Gasteiger charge is 2.09. The average Bonchev–Trinajstić information content (AvgIpc) is 2.12. The molecule has 0 fully saturated rings. The van der Waals surface area contributed by atoms with Gasteiger partial charge in [0.2, 0.25) is 0 Å². The maximum absolute atomic E-state index is 10.5. The predicted octanol–water partition coefficient (Wildman–Crippen LogP) is 2.88. The van der Waals surface area contributed by atoms with E-state index in [-0.39, 0.29) is 5.92 Å². The first-order valence-corrected chi connectivity index (χ1v) is 4.51. The van der Waals surface area contributed by atoms with Gasteiger partial charge in [0.25, 0.3) is 0 Å². The largest absolute Gasteiger partial charge is 0.396 e. The monoisotopic (exact) mass is 217 g/mol. The number of nitrogens with two attached hydrogens (primary N) is 1. The van der Waals surface area contributed by atoms with Crippen molar-refractivity contribution in [3.8, 4) is 0 Å². The molecule has 1 atom stereocenters. The van der Waals surface area contributed by atoms with Gasteiger partial charge in [0.1, 0.15) is 6.29 Å². The molecule has 0 spiro atoms. The van der Waals surface area contributed by atoms with Gasteiger partial charge in [0.15, 0.2) is 0 Å². The molecule has 2 nitrogen and oxygen atoms in total. The lowest BCUT2D eigenvalue weighted by molar-refractivity contribution is -0.108. The number of nitrogen functional groups attached to an aromatic ring is 1. The summed E-state index contributed by atoms with van der Waals surface area (Å²) in [4.78, 5) is 10.5. The molecule has 0 aliphatic carbocycles. The van der Waals surface area contributed by atoms with Crippen LogP contribution < -0.4 is 5.73 Å². The minimum atomic E-state index is -0.212. The van der Waals surface area contributed by atoms with Crippen molar-refractivity contribution in [3.05, 3.63) is 27.7 Å². The first-order chi connectivity index (χ1) is 6.06. The molecule has 0 aromatic heterocycles. The van der Waals surface area contributed by atoms with Gasteiger partial charge in [0, 0.05) is 5.92 Å². The molecular weight excluding hydrogens is 209 g/mol. The van der Waals surface area contributed by atoms with Crippen LogP contribution in [-0.4, -0.2) is 6.29 Å². The second-order valence-electron chi connectivity index (χ2n) is 2.82. The average molecular weight is 218 g/mol. The van der Waals surface area contributed by atoms with Gasteiger partial charge in [-0.3, -0.25) is 0 Å². The minimum Gasteiger partial charge on any atom is -0.396 e. The van der Waals surface area contributed by atoms with Gasteiger partial charge < -0.3 is 10.5 Å². The van der Waals surface area contributed by atoms with Crippen molar-refractivity contribution >= 4 is 35.2 Å². The molecule has 1 aromatic rings. The van der Waals surface area contributed by atoms with Crippen molar-refractivity contribution in [1.29, 1.82) is 0 Å². The van der Waals surface area contributed by atoms with Crippen LogP contribution in [0, 0.1) is 0 Å². The van der Waals surface area contributed by atoms with E-state index in [0.29, 0.717) is 15.7 Å². The summed E-state index contributed by atoms with van der Waals surface area (Å²) < 4.78 is 0. The van der Waals surface area contributed by atoms with Crippen LogP contribution in [0.15, 0.2) is 12.1 Å². The third-order valence-electron chi connectivity index (χ3n) is 1.83. The van der Waals surface area contributed by atoms with Crippen LogP contribution in [0.3, 0.4) is 0 Å². The Balaban J connectivity index is 3.20. The van der Waals surface area contributed by atoms with Crippen molar-refractivity contribution in [2.75, 3.05) is 5.73 Å². The lowest BCUT2D eigenvalue weighted by Gasteiger charge is -2.07. The zero-order valence-electron chi connectivity index (χ0n) is 7.05. The number of halogens is 2. The van der Waals surface area contributed by atoms with E-state index in [1.54, 1.807) is 19.1 Å². The second kappa shape index (κ2) is 3.99. The Morgan fingerprint density at radius 1 is 1.38 bits per heavy atom. The maximum Gasteiger partial charge on any atom is 0.127 e. The Morgan fingerprint density at radius 3 is 2.23 bits per heavy atom. The van der Waals surface area contributed by atoms with Crippen LogP contribution in [0.5, 0.6) is 0 Å². The van der Waals surface area contributed by atoms with Gasteiger partial charge in [0.05, 0.1) is 15.7 Å². The van der Waals surface area contributed by atoms with E-state index < -0.39 is 0 Å². The van der Waals surface area contributed by atoms with E-state index in [9.17, 15) is 4.79 Å². The van der Waals surface area contributed by atoms with E-state index in [4.69, 9.17) is 28.9 Å². The standard InChI is InChI=1S/C9H9Cl2NO/c1-5(4-13)6-2-7(10)9(12)8(11)3-6/h2-5H,12H2,1H3. The fourth-order valence-electron chi connectivity index (χ4n) is 0.945. The fraction of sp³-hybridized carbons (Fsp3) is 0.222. The molecule has 70 valence electrons. The van der Waals surface area contributed by atoms with Gasteiger partial charge in [-0.2, -0.15) is 0 Å². The van der Waals surface area contributed by atoms with Gasteiger partial charge in [-0.1, -0.05) is 30.1 Å². The molecule has 0 bridgehead atoms. The number of hydrogen-bond donors (Lipinski definition) is 1. The number of benzene rings is 1. The van der Waals surface area contributed by atoms with E-state index in [0.717, 1.165) is 11.8 Å². The van der Waals surface area contributed by atoms with Crippen LogP contribution in [-0.2, 0) is 4.79 Å². The van der Waals surface area contributed by atoms with Crippen LogP contribution in [0.25, 0.3) is 0 Å². The van der Waals surface area contributed by atoms with Gasteiger partial charge in [-0.05, 0) is 17.7 Å². The topological polar surface area (TPSA) is 43.1 Å². The summed E-state index contributed by atoms with van der Waals surface area (Å²) in [6, 6.07) is 3.31. The summed E-state index contributed by atoms with van der Waals surface area (Å²) in [6.07, 6.45) is 0.832. The van der Waals surface area contributed by atoms with Crippen molar-refractivity contribution in [2.45, 2.75) is 12.8 Å². The number of anilines is 1. The zero-order valence-corrected chi connectivity index (χ0v) is 8.56. The Labute approximate surface area is 86.6 Å². The van der Waals surface area contributed by atoms with Crippen molar-refractivity contribution in [3.63, 3.8) is 0 Å². The van der Waals surface area contributed by atoms with Crippen molar-refractivity contribution < 1.29 is 4.79 Å². The van der Waals surface area contributed by atoms with Crippen LogP contribution >= 0.6 is 23.2 Å². The Bertz CT molecular complexity index is 315. The summed E-state index contributed by atoms with van der Waals surface area (Å²) >= 11 is 11.6. The number of rotatable bonds is 2. The molecule has 2 N–H and O–H groups in total. The number of hydrogen-bond acceptors (Lipinski definition) is 2. The lowest BCUT2D eigenvalue weighted by Crippen LogP contribution is -1.96. The Kier molecular flexibility index (Phi) is 3.17. The molecule has 0 amide bonds. The van der Waals surface area contributed by atoms with Gasteiger partial charge >= 0.3 is 0 Å². The Morgan fingerprint density at radius 2 is 1.85 bits per heavy atom. The molecule has 0 saturated carbocycles. The summed E-state index contributed by atoms with van der Waals surface area (Å²) in [5, 5.41) is 0.771. The predicted molar refractivity (Wildman–Crippen MR) is 55.4 cm³/mol. The molecule has 0 aliphatic heterocycles. The highest BCUT2D eigenvalue weighted by Crippen LogP contribution is 2.31. The molecule has 0 saturated heterocycles. The maximum atomic E-state index is 10.5. The molecule has 1 unspecified atom stereocenters. The van der Waals surface area contributed by atoms with Crippen LogP contribution in [0.2, 0.25) is 10.0 Å². The molecule has 1 aromatic carbocycles. The fourth-order valence-corrected chi connectivity index (χ4v) is 1.45. The van der Waals surface area contributed by atoms with E-state index in [2.05, 4.69) is 0 Å². The highest BCUT2D eigenvalue weighted by molar-refractivity contribution is 6.38. The zero-order chi connectivity index (χ0) is 10.0. The highest BCUT2D eigenvalue weighted by atomic mass is 35.5. The summed E-state index contributed by atoms with van der Waals surface area (Å²) in [5.41, 5.74) is 6.67. The minimum absolute atomic E-state index is 0.212. The molecule has 0 aliphatic rings. The SMILES string of the molecule is CC(C=O)c1cc(Cl)c(N)c(Cl)c1. The van der Waals surface area contributed by atoms with E-state index in [1.165, 1.54) is 0 Å². The van der Waals surface area contributed by atoms with Gasteiger partial charge in [-0.25, -0.2) is 0 Å². The summed E-state index contributed by atoms with van der Waals surface area (Å²) in [6.45, 7) is 1.77. The number of aldehydes is 1. The normalized spacial score (nSPS) is 12.5. The number of carbonyl (C=O) groups is 1. The molecule has 4 heteroatoms. The van der Waals surface area contributed by atoms with Gasteiger partial charge in [-0.15, -0.1) is 0 Å². The van der Waals surface area contributed by atoms with Crippen LogP contribution in [0.1, 0.15) is 18.4 Å². The smallest absolute Gasteiger partial charge is 0.127 e. The van der Waals surface area contributed by atoms with Crippen molar-refractivity contribution in [2.24, 2.45) is 0 Å². The van der Waals surface area contributed by atoms with E-state index in [1.807, 2.05) is 0 Å². The molecule has 1 rings (SSSR count). The summed E-state index contributed by atoms with van der Waals surface area (Å²) in [7, 11) is 0. The second-order valence-corrected chi connectivity index (χ2v) is 3.64. The summed E-state index contributed by atoms with van der Waals surface area (Å²) in [5.74, 6) is -0.212. The lowest BCUT2D eigenvalue weighted by atomic mass is 10.0. The third kappa shape index (κ3) is 2.14. The third-order valence-corrected chi connectivity index (χ3v) is 2.46. The van der Waals surface area contributed by atoms with Crippen molar-refractivity contribution in [1.82, 2.24) is 0 Å². The quantitative estimate of drug-likeness (QED) is 0.612. The van der Waals surface area contributed by atoms with Crippen LogP contribution in [0.4, 0.5) is 5.69 Å². The Hall–Kier alpha value is -0.730. The first kappa shape index (κ1) is 10.4. The van der Waals surface area contributed by atoms with E-state index >= 15 is 0 Å². The first-order valence-electron chi connectivity index (χ1n) is 3.76. The molecule has 0 heterocycles. The molecule has 13 heavy (non-hydrogen) atoms.